The predicted octanol–water partition coefficient (Wildman–Crippen LogP) is 5.44. The van der Waals surface area contributed by atoms with Crippen LogP contribution in [0.25, 0.3) is 0 Å². The molecule has 0 bridgehead atoms. The van der Waals surface area contributed by atoms with Crippen molar-refractivity contribution in [2.24, 2.45) is 5.41 Å². The second-order valence-corrected chi connectivity index (χ2v) is 6.27. The highest BCUT2D eigenvalue weighted by Crippen LogP contribution is 2.48. The van der Waals surface area contributed by atoms with Crippen molar-refractivity contribution in [2.45, 2.75) is 13.8 Å². The van der Waals surface area contributed by atoms with E-state index in [4.69, 9.17) is 67.8 Å². The molecule has 0 aliphatic heterocycles. The Morgan fingerprint density at radius 2 is 1.37 bits per heavy atom. The molecule has 0 fully saturated rings. The normalized spacial score (nSPS) is 11.5. The molecule has 1 rings (SSSR count). The van der Waals surface area contributed by atoms with Crippen LogP contribution < -0.4 is 4.74 Å². The summed E-state index contributed by atoms with van der Waals surface area (Å²) in [5, 5.41) is 8.99. The van der Waals surface area contributed by atoms with Crippen LogP contribution in [0.2, 0.25) is 25.1 Å². The molecule has 0 heterocycles. The van der Waals surface area contributed by atoms with E-state index in [1.165, 1.54) is 13.8 Å². The fourth-order valence-electron chi connectivity index (χ4n) is 1.03. The molecule has 1 aromatic carbocycles. The second-order valence-electron chi connectivity index (χ2n) is 4.38. The Labute approximate surface area is 135 Å². The Morgan fingerprint density at radius 1 is 1.00 bits per heavy atom. The Morgan fingerprint density at radius 3 is 1.74 bits per heavy atom. The van der Waals surface area contributed by atoms with Gasteiger partial charge >= 0.3 is 5.97 Å². The van der Waals surface area contributed by atoms with Crippen LogP contribution in [-0.2, 0) is 4.79 Å². The first-order valence-electron chi connectivity index (χ1n) is 4.97. The minimum absolute atomic E-state index is 0.000800. The number of hydrogen-bond acceptors (Lipinski definition) is 2. The van der Waals surface area contributed by atoms with Gasteiger partial charge in [0.2, 0.25) is 0 Å². The molecule has 0 aromatic heterocycles. The number of carboxylic acids is 1. The lowest BCUT2D eigenvalue weighted by Gasteiger charge is -2.21. The largest absolute Gasteiger partial charge is 0.489 e. The van der Waals surface area contributed by atoms with Gasteiger partial charge in [-0.05, 0) is 13.8 Å². The molecule has 3 nitrogen and oxygen atoms in total. The lowest BCUT2D eigenvalue weighted by molar-refractivity contribution is -0.148. The van der Waals surface area contributed by atoms with Gasteiger partial charge in [0.1, 0.15) is 16.7 Å². The van der Waals surface area contributed by atoms with Crippen LogP contribution in [0.4, 0.5) is 0 Å². The van der Waals surface area contributed by atoms with Gasteiger partial charge in [-0.3, -0.25) is 4.79 Å². The molecule has 0 unspecified atom stereocenters. The van der Waals surface area contributed by atoms with Gasteiger partial charge in [-0.2, -0.15) is 0 Å². The Balaban J connectivity index is 3.13. The van der Waals surface area contributed by atoms with Crippen molar-refractivity contribution in [1.82, 2.24) is 0 Å². The molecule has 0 saturated carbocycles. The first-order chi connectivity index (χ1) is 8.59. The molecule has 106 valence electrons. The van der Waals surface area contributed by atoms with E-state index in [1.807, 2.05) is 0 Å². The van der Waals surface area contributed by atoms with Gasteiger partial charge in [0.05, 0.1) is 20.5 Å². The van der Waals surface area contributed by atoms with E-state index >= 15 is 0 Å². The minimum Gasteiger partial charge on any atom is -0.489 e. The fraction of sp³-hybridized carbons (Fsp3) is 0.364. The molecule has 0 atom stereocenters. The molecule has 0 spiro atoms. The topological polar surface area (TPSA) is 46.5 Å². The average Bonchev–Trinajstić information content (AvgIpc) is 2.33. The zero-order valence-corrected chi connectivity index (χ0v) is 13.6. The summed E-state index contributed by atoms with van der Waals surface area (Å²) in [5.41, 5.74) is -1.12. The fourth-order valence-corrected chi connectivity index (χ4v) is 2.26. The molecule has 0 aliphatic rings. The van der Waals surface area contributed by atoms with E-state index in [0.29, 0.717) is 0 Å². The van der Waals surface area contributed by atoms with Crippen molar-refractivity contribution >= 4 is 64.0 Å². The Kier molecular flexibility index (Phi) is 5.50. The van der Waals surface area contributed by atoms with Crippen LogP contribution >= 0.6 is 58.0 Å². The first-order valence-corrected chi connectivity index (χ1v) is 6.86. The van der Waals surface area contributed by atoms with Crippen molar-refractivity contribution in [3.8, 4) is 5.75 Å². The van der Waals surface area contributed by atoms with Gasteiger partial charge in [0.25, 0.3) is 0 Å². The summed E-state index contributed by atoms with van der Waals surface area (Å²) < 4.78 is 5.34. The molecule has 1 aromatic rings. The smallest absolute Gasteiger partial charge is 0.312 e. The van der Waals surface area contributed by atoms with Crippen molar-refractivity contribution in [1.29, 1.82) is 0 Å². The Hall–Kier alpha value is -0.0600. The van der Waals surface area contributed by atoms with Gasteiger partial charge in [-0.25, -0.2) is 0 Å². The zero-order valence-electron chi connectivity index (χ0n) is 9.86. The molecule has 0 saturated heterocycles. The summed E-state index contributed by atoms with van der Waals surface area (Å²) in [5.74, 6) is -1.01. The molecular weight excluding hydrogens is 357 g/mol. The zero-order chi connectivity index (χ0) is 15.0. The molecule has 8 heteroatoms. The number of hydrogen-bond donors (Lipinski definition) is 1. The summed E-state index contributed by atoms with van der Waals surface area (Å²) >= 11 is 29.5. The van der Waals surface area contributed by atoms with Crippen molar-refractivity contribution in [2.75, 3.05) is 6.61 Å². The number of carbonyl (C=O) groups is 1. The number of halogens is 5. The van der Waals surface area contributed by atoms with E-state index in [1.54, 1.807) is 0 Å². The Bertz CT molecular complexity index is 499. The summed E-state index contributed by atoms with van der Waals surface area (Å²) in [6.07, 6.45) is 0. The molecule has 19 heavy (non-hydrogen) atoms. The van der Waals surface area contributed by atoms with Crippen LogP contribution in [0.5, 0.6) is 5.75 Å². The summed E-state index contributed by atoms with van der Waals surface area (Å²) in [4.78, 5) is 11.0. The monoisotopic (exact) mass is 364 g/mol. The van der Waals surface area contributed by atoms with Gasteiger partial charge in [-0.1, -0.05) is 58.0 Å². The van der Waals surface area contributed by atoms with E-state index in [0.717, 1.165) is 0 Å². The lowest BCUT2D eigenvalue weighted by atomic mass is 9.95. The lowest BCUT2D eigenvalue weighted by Crippen LogP contribution is -2.30. The third-order valence-corrected chi connectivity index (χ3v) is 4.57. The van der Waals surface area contributed by atoms with E-state index in [9.17, 15) is 4.79 Å². The van der Waals surface area contributed by atoms with Gasteiger partial charge in [0, 0.05) is 0 Å². The van der Waals surface area contributed by atoms with E-state index in [2.05, 4.69) is 0 Å². The second kappa shape index (κ2) is 6.15. The van der Waals surface area contributed by atoms with Crippen LogP contribution in [0.15, 0.2) is 0 Å². The summed E-state index contributed by atoms with van der Waals surface area (Å²) in [6, 6.07) is 0. The maximum atomic E-state index is 11.0. The third-order valence-electron chi connectivity index (χ3n) is 2.33. The van der Waals surface area contributed by atoms with Crippen LogP contribution in [-0.4, -0.2) is 17.7 Å². The maximum Gasteiger partial charge on any atom is 0.312 e. The molecule has 0 amide bonds. The first kappa shape index (κ1) is 17.0. The number of carboxylic acid groups (broad SMARTS) is 1. The van der Waals surface area contributed by atoms with Crippen molar-refractivity contribution < 1.29 is 14.6 Å². The van der Waals surface area contributed by atoms with Gasteiger partial charge in [-0.15, -0.1) is 0 Å². The van der Waals surface area contributed by atoms with Gasteiger partial charge in [0.15, 0.2) is 5.75 Å². The van der Waals surface area contributed by atoms with Gasteiger partial charge < -0.3 is 9.84 Å². The van der Waals surface area contributed by atoms with Crippen LogP contribution in [0.3, 0.4) is 0 Å². The SMILES string of the molecule is CC(C)(COc1c(Cl)c(Cl)c(Cl)c(Cl)c1Cl)C(=O)O. The standard InChI is InChI=1S/C11H9Cl5O3/c1-11(2,10(17)18)3-19-9-7(15)5(13)4(12)6(14)8(9)16/h3H2,1-2H3,(H,17,18). The number of benzene rings is 1. The number of ether oxygens (including phenoxy) is 1. The summed E-state index contributed by atoms with van der Waals surface area (Å²) in [6.45, 7) is 2.84. The molecule has 1 N–H and O–H groups in total. The maximum absolute atomic E-state index is 11.0. The van der Waals surface area contributed by atoms with E-state index < -0.39 is 11.4 Å². The van der Waals surface area contributed by atoms with Crippen LogP contribution in [0, 0.1) is 5.41 Å². The highest BCUT2D eigenvalue weighted by Gasteiger charge is 2.30. The van der Waals surface area contributed by atoms with Crippen molar-refractivity contribution in [3.05, 3.63) is 25.1 Å². The molecule has 0 aliphatic carbocycles. The molecular formula is C11H9Cl5O3. The molecule has 0 radical (unpaired) electrons. The summed E-state index contributed by atoms with van der Waals surface area (Å²) in [7, 11) is 0. The van der Waals surface area contributed by atoms with Crippen LogP contribution in [0.1, 0.15) is 13.8 Å². The minimum atomic E-state index is -1.12. The third kappa shape index (κ3) is 3.53. The highest BCUT2D eigenvalue weighted by molar-refractivity contribution is 6.55. The number of rotatable bonds is 4. The predicted molar refractivity (Wildman–Crippen MR) is 78.4 cm³/mol. The number of aliphatic carboxylic acids is 1. The average molecular weight is 366 g/mol. The highest BCUT2D eigenvalue weighted by atomic mass is 35.5. The van der Waals surface area contributed by atoms with Crippen molar-refractivity contribution in [3.63, 3.8) is 0 Å². The van der Waals surface area contributed by atoms with E-state index in [-0.39, 0.29) is 37.5 Å². The quantitative estimate of drug-likeness (QED) is 0.570.